The zero-order chi connectivity index (χ0) is 13.7. The number of hydrogen-bond acceptors (Lipinski definition) is 4. The molecule has 5 heteroatoms. The first-order valence-electron chi connectivity index (χ1n) is 6.47. The van der Waals surface area contributed by atoms with Crippen LogP contribution in [0.5, 0.6) is 5.75 Å². The Balaban J connectivity index is 2.11. The third-order valence-corrected chi connectivity index (χ3v) is 3.90. The number of aromatic carboxylic acids is 1. The van der Waals surface area contributed by atoms with Gasteiger partial charge in [-0.15, -0.1) is 0 Å². The maximum absolute atomic E-state index is 11.2. The maximum Gasteiger partial charge on any atom is 0.339 e. The summed E-state index contributed by atoms with van der Waals surface area (Å²) < 4.78 is 5.55. The molecule has 0 saturated heterocycles. The molecule has 0 saturated carbocycles. The van der Waals surface area contributed by atoms with Crippen LogP contribution in [0.3, 0.4) is 0 Å². The lowest BCUT2D eigenvalue weighted by atomic mass is 10.1. The van der Waals surface area contributed by atoms with Gasteiger partial charge in [0.15, 0.2) is 5.75 Å². The largest absolute Gasteiger partial charge is 0.489 e. The Kier molecular flexibility index (Phi) is 4.96. The summed E-state index contributed by atoms with van der Waals surface area (Å²) in [7, 11) is 0. The van der Waals surface area contributed by atoms with Gasteiger partial charge in [-0.2, -0.15) is 11.8 Å². The Morgan fingerprint density at radius 1 is 1.47 bits per heavy atom. The fourth-order valence-corrected chi connectivity index (χ4v) is 2.75. The third kappa shape index (κ3) is 3.35. The number of benzene rings is 1. The van der Waals surface area contributed by atoms with E-state index in [-0.39, 0.29) is 5.56 Å². The van der Waals surface area contributed by atoms with Gasteiger partial charge in [-0.25, -0.2) is 4.79 Å². The molecule has 0 radical (unpaired) electrons. The smallest absolute Gasteiger partial charge is 0.339 e. The molecular formula is C14H19NO3S. The Morgan fingerprint density at radius 3 is 3.05 bits per heavy atom. The van der Waals surface area contributed by atoms with E-state index in [9.17, 15) is 9.90 Å². The number of carboxylic acid groups (broad SMARTS) is 1. The zero-order valence-corrected chi connectivity index (χ0v) is 11.9. The second-order valence-corrected chi connectivity index (χ2v) is 5.48. The lowest BCUT2D eigenvalue weighted by molar-refractivity contribution is 0.0692. The second kappa shape index (κ2) is 6.70. The molecule has 0 spiro atoms. The summed E-state index contributed by atoms with van der Waals surface area (Å²) in [6.45, 7) is 2.34. The SMILES string of the molecule is CSCCCCN1CCOc2c(C(=O)O)cccc21. The fourth-order valence-electron chi connectivity index (χ4n) is 2.25. The van der Waals surface area contributed by atoms with Crippen molar-refractivity contribution in [1.82, 2.24) is 0 Å². The van der Waals surface area contributed by atoms with Gasteiger partial charge in [-0.3, -0.25) is 0 Å². The molecule has 104 valence electrons. The van der Waals surface area contributed by atoms with E-state index in [1.807, 2.05) is 17.8 Å². The highest BCUT2D eigenvalue weighted by atomic mass is 32.2. The summed E-state index contributed by atoms with van der Waals surface area (Å²) >= 11 is 1.86. The topological polar surface area (TPSA) is 49.8 Å². The number of para-hydroxylation sites is 1. The minimum absolute atomic E-state index is 0.256. The van der Waals surface area contributed by atoms with Gasteiger partial charge in [0, 0.05) is 6.54 Å². The molecule has 0 bridgehead atoms. The lowest BCUT2D eigenvalue weighted by Crippen LogP contribution is -2.34. The third-order valence-electron chi connectivity index (χ3n) is 3.20. The highest BCUT2D eigenvalue weighted by molar-refractivity contribution is 7.98. The molecule has 19 heavy (non-hydrogen) atoms. The van der Waals surface area contributed by atoms with Crippen LogP contribution in [0.2, 0.25) is 0 Å². The van der Waals surface area contributed by atoms with Gasteiger partial charge in [0.2, 0.25) is 0 Å². The average molecular weight is 281 g/mol. The van der Waals surface area contributed by atoms with E-state index in [4.69, 9.17) is 4.74 Å². The molecule has 1 aromatic rings. The van der Waals surface area contributed by atoms with E-state index in [0.29, 0.717) is 12.4 Å². The number of nitrogens with zero attached hydrogens (tertiary/aromatic N) is 1. The van der Waals surface area contributed by atoms with Crippen LogP contribution in [0.15, 0.2) is 18.2 Å². The van der Waals surface area contributed by atoms with E-state index in [1.165, 1.54) is 12.2 Å². The minimum Gasteiger partial charge on any atom is -0.489 e. The highest BCUT2D eigenvalue weighted by Crippen LogP contribution is 2.35. The summed E-state index contributed by atoms with van der Waals surface area (Å²) in [5.41, 5.74) is 1.17. The average Bonchev–Trinajstić information content (AvgIpc) is 2.43. The summed E-state index contributed by atoms with van der Waals surface area (Å²) in [6.07, 6.45) is 4.42. The molecule has 2 rings (SSSR count). The van der Waals surface area contributed by atoms with E-state index in [0.717, 1.165) is 25.2 Å². The summed E-state index contributed by atoms with van der Waals surface area (Å²) in [5.74, 6) is 0.763. The van der Waals surface area contributed by atoms with Gasteiger partial charge in [0.25, 0.3) is 0 Å². The number of ether oxygens (including phenoxy) is 1. The number of carbonyl (C=O) groups is 1. The van der Waals surface area contributed by atoms with Gasteiger partial charge in [-0.05, 0) is 37.0 Å². The first-order chi connectivity index (χ1) is 9.24. The number of carboxylic acids is 1. The van der Waals surface area contributed by atoms with Crippen molar-refractivity contribution in [3.05, 3.63) is 23.8 Å². The van der Waals surface area contributed by atoms with Crippen LogP contribution < -0.4 is 9.64 Å². The summed E-state index contributed by atoms with van der Waals surface area (Å²) in [4.78, 5) is 13.4. The molecule has 1 aliphatic heterocycles. The molecule has 0 amide bonds. The van der Waals surface area contributed by atoms with Crippen molar-refractivity contribution in [2.45, 2.75) is 12.8 Å². The van der Waals surface area contributed by atoms with Crippen molar-refractivity contribution < 1.29 is 14.6 Å². The number of fused-ring (bicyclic) bond motifs is 1. The van der Waals surface area contributed by atoms with Crippen LogP contribution in [0, 0.1) is 0 Å². The Hall–Kier alpha value is -1.36. The van der Waals surface area contributed by atoms with Crippen LogP contribution in [0.1, 0.15) is 23.2 Å². The predicted octanol–water partition coefficient (Wildman–Crippen LogP) is 2.73. The van der Waals surface area contributed by atoms with Crippen LogP contribution in [0.25, 0.3) is 0 Å². The van der Waals surface area contributed by atoms with E-state index >= 15 is 0 Å². The van der Waals surface area contributed by atoms with Crippen LogP contribution >= 0.6 is 11.8 Å². The normalized spacial score (nSPS) is 13.8. The fraction of sp³-hybridized carbons (Fsp3) is 0.500. The lowest BCUT2D eigenvalue weighted by Gasteiger charge is -2.32. The van der Waals surface area contributed by atoms with Crippen molar-refractivity contribution in [3.8, 4) is 5.75 Å². The van der Waals surface area contributed by atoms with Gasteiger partial charge in [0.05, 0.1) is 12.2 Å². The number of rotatable bonds is 6. The van der Waals surface area contributed by atoms with Crippen LogP contribution in [0.4, 0.5) is 5.69 Å². The van der Waals surface area contributed by atoms with E-state index in [2.05, 4.69) is 11.2 Å². The van der Waals surface area contributed by atoms with Crippen LogP contribution in [-0.4, -0.2) is 42.8 Å². The van der Waals surface area contributed by atoms with E-state index < -0.39 is 5.97 Å². The molecule has 1 aromatic carbocycles. The first-order valence-corrected chi connectivity index (χ1v) is 7.86. The molecule has 1 aliphatic rings. The standard InChI is InChI=1S/C14H19NO3S/c1-19-10-3-2-7-15-8-9-18-13-11(14(16)17)5-4-6-12(13)15/h4-6H,2-3,7-10H2,1H3,(H,16,17). The van der Waals surface area contributed by atoms with Crippen molar-refractivity contribution in [3.63, 3.8) is 0 Å². The van der Waals surface area contributed by atoms with Gasteiger partial charge in [0.1, 0.15) is 12.2 Å². The molecule has 0 unspecified atom stereocenters. The molecule has 0 aliphatic carbocycles. The Morgan fingerprint density at radius 2 is 2.32 bits per heavy atom. The number of anilines is 1. The highest BCUT2D eigenvalue weighted by Gasteiger charge is 2.23. The van der Waals surface area contributed by atoms with Gasteiger partial charge < -0.3 is 14.7 Å². The molecule has 1 N–H and O–H groups in total. The molecular weight excluding hydrogens is 262 g/mol. The van der Waals surface area contributed by atoms with Crippen molar-refractivity contribution in [2.24, 2.45) is 0 Å². The monoisotopic (exact) mass is 281 g/mol. The predicted molar refractivity (Wildman–Crippen MR) is 78.7 cm³/mol. The summed E-state index contributed by atoms with van der Waals surface area (Å²) in [6, 6.07) is 5.32. The van der Waals surface area contributed by atoms with Crippen molar-refractivity contribution in [2.75, 3.05) is 36.6 Å². The maximum atomic E-state index is 11.2. The van der Waals surface area contributed by atoms with Crippen LogP contribution in [-0.2, 0) is 0 Å². The number of unbranched alkanes of at least 4 members (excludes halogenated alkanes) is 1. The minimum atomic E-state index is -0.930. The number of hydrogen-bond donors (Lipinski definition) is 1. The van der Waals surface area contributed by atoms with E-state index in [1.54, 1.807) is 12.1 Å². The molecule has 0 aromatic heterocycles. The molecule has 0 atom stereocenters. The van der Waals surface area contributed by atoms with Crippen molar-refractivity contribution >= 4 is 23.4 Å². The first kappa shape index (κ1) is 14.1. The Labute approximate surface area is 117 Å². The zero-order valence-electron chi connectivity index (χ0n) is 11.1. The molecule has 0 fully saturated rings. The molecule has 1 heterocycles. The van der Waals surface area contributed by atoms with Gasteiger partial charge >= 0.3 is 5.97 Å². The number of thioether (sulfide) groups is 1. The van der Waals surface area contributed by atoms with Crippen molar-refractivity contribution in [1.29, 1.82) is 0 Å². The second-order valence-electron chi connectivity index (χ2n) is 4.49. The molecule has 4 nitrogen and oxygen atoms in total. The Bertz CT molecular complexity index is 450. The van der Waals surface area contributed by atoms with Gasteiger partial charge in [-0.1, -0.05) is 6.07 Å². The quantitative estimate of drug-likeness (QED) is 0.813. The summed E-state index contributed by atoms with van der Waals surface area (Å²) in [5, 5.41) is 9.17.